The third kappa shape index (κ3) is 1.46. The maximum Gasteiger partial charge on any atom is 0.334 e. The molecule has 3 atom stereocenters. The molecule has 1 N–H and O–H groups in total. The van der Waals surface area contributed by atoms with Crippen LogP contribution in [0.4, 0.5) is 0 Å². The fraction of sp³-hybridized carbons (Fsp3) is 0.600. The van der Waals surface area contributed by atoms with Crippen LogP contribution in [0.3, 0.4) is 0 Å². The first-order chi connectivity index (χ1) is 8.78. The van der Waals surface area contributed by atoms with Gasteiger partial charge < -0.3 is 9.84 Å². The number of hydrogen-bond acceptors (Lipinski definition) is 3. The highest BCUT2D eigenvalue weighted by Gasteiger charge is 2.63. The Balaban J connectivity index is 2.12. The van der Waals surface area contributed by atoms with Crippen LogP contribution in [0.25, 0.3) is 0 Å². The molecular formula is C15H18O4. The quantitative estimate of drug-likeness (QED) is 0.581. The SMILES string of the molecule is C=C1C(=O)OC[C@H]2C(C(=O)O)=CC3CC(C)(C)C[C@@]132. The van der Waals surface area contributed by atoms with Crippen molar-refractivity contribution >= 4 is 11.9 Å². The van der Waals surface area contributed by atoms with Crippen molar-refractivity contribution in [1.29, 1.82) is 0 Å². The topological polar surface area (TPSA) is 63.6 Å². The number of ether oxygens (including phenoxy) is 1. The molecule has 19 heavy (non-hydrogen) atoms. The molecule has 4 heteroatoms. The summed E-state index contributed by atoms with van der Waals surface area (Å²) in [6.45, 7) is 8.43. The summed E-state index contributed by atoms with van der Waals surface area (Å²) in [7, 11) is 0. The summed E-state index contributed by atoms with van der Waals surface area (Å²) in [5, 5.41) is 9.35. The van der Waals surface area contributed by atoms with Crippen LogP contribution < -0.4 is 0 Å². The molecule has 0 amide bonds. The van der Waals surface area contributed by atoms with Crippen LogP contribution in [-0.2, 0) is 14.3 Å². The predicted molar refractivity (Wildman–Crippen MR) is 68.2 cm³/mol. The second-order valence-corrected chi connectivity index (χ2v) is 6.75. The van der Waals surface area contributed by atoms with Gasteiger partial charge in [0.2, 0.25) is 0 Å². The first-order valence-electron chi connectivity index (χ1n) is 6.59. The van der Waals surface area contributed by atoms with Gasteiger partial charge in [0.05, 0.1) is 6.61 Å². The minimum Gasteiger partial charge on any atom is -0.478 e. The lowest BCUT2D eigenvalue weighted by Gasteiger charge is -2.41. The monoisotopic (exact) mass is 262 g/mol. The Morgan fingerprint density at radius 2 is 2.21 bits per heavy atom. The molecule has 3 rings (SSSR count). The molecular weight excluding hydrogens is 244 g/mol. The molecule has 1 saturated carbocycles. The Morgan fingerprint density at radius 3 is 2.84 bits per heavy atom. The van der Waals surface area contributed by atoms with Crippen molar-refractivity contribution in [2.45, 2.75) is 26.7 Å². The molecule has 0 radical (unpaired) electrons. The molecule has 1 heterocycles. The van der Waals surface area contributed by atoms with E-state index >= 15 is 0 Å². The highest BCUT2D eigenvalue weighted by Crippen LogP contribution is 2.66. The number of cyclic esters (lactones) is 1. The zero-order valence-electron chi connectivity index (χ0n) is 11.2. The zero-order chi connectivity index (χ0) is 14.0. The minimum absolute atomic E-state index is 0.0962. The van der Waals surface area contributed by atoms with Crippen LogP contribution in [0, 0.1) is 22.7 Å². The molecule has 0 aromatic rings. The van der Waals surface area contributed by atoms with Gasteiger partial charge in [-0.2, -0.15) is 0 Å². The summed E-state index contributed by atoms with van der Waals surface area (Å²) < 4.78 is 5.11. The number of carboxylic acid groups (broad SMARTS) is 1. The average molecular weight is 262 g/mol. The summed E-state index contributed by atoms with van der Waals surface area (Å²) in [6.07, 6.45) is 3.54. The number of esters is 1. The highest BCUT2D eigenvalue weighted by atomic mass is 16.5. The van der Waals surface area contributed by atoms with Crippen LogP contribution in [0.2, 0.25) is 0 Å². The first-order valence-corrected chi connectivity index (χ1v) is 6.59. The standard InChI is InChI=1S/C15H18O4/c1-8-13(18)19-6-11-10(12(16)17)4-9-5-14(2,3)7-15(8,9)11/h4,9,11H,1,5-7H2,2-3H3,(H,16,17)/t9?,11-,15+/m0/s1. The molecule has 3 aliphatic rings. The van der Waals surface area contributed by atoms with E-state index in [1.54, 1.807) is 0 Å². The van der Waals surface area contributed by atoms with Crippen molar-refractivity contribution in [2.24, 2.45) is 22.7 Å². The van der Waals surface area contributed by atoms with E-state index in [1.165, 1.54) is 0 Å². The minimum atomic E-state index is -0.901. The normalized spacial score (nSPS) is 39.4. The summed E-state index contributed by atoms with van der Waals surface area (Å²) in [6, 6.07) is 0. The fourth-order valence-corrected chi connectivity index (χ4v) is 4.41. The van der Waals surface area contributed by atoms with Crippen molar-refractivity contribution in [3.63, 3.8) is 0 Å². The maximum absolute atomic E-state index is 11.9. The van der Waals surface area contributed by atoms with Crippen LogP contribution in [0.5, 0.6) is 0 Å². The van der Waals surface area contributed by atoms with Crippen molar-refractivity contribution in [3.05, 3.63) is 23.8 Å². The van der Waals surface area contributed by atoms with E-state index in [1.807, 2.05) is 6.08 Å². The van der Waals surface area contributed by atoms with E-state index in [4.69, 9.17) is 4.74 Å². The summed E-state index contributed by atoms with van der Waals surface area (Å²) in [5.74, 6) is -1.40. The molecule has 2 aliphatic carbocycles. The van der Waals surface area contributed by atoms with E-state index in [2.05, 4.69) is 20.4 Å². The van der Waals surface area contributed by atoms with Crippen molar-refractivity contribution < 1.29 is 19.4 Å². The molecule has 0 aromatic heterocycles. The van der Waals surface area contributed by atoms with Gasteiger partial charge in [-0.25, -0.2) is 9.59 Å². The Bertz CT molecular complexity index is 528. The van der Waals surface area contributed by atoms with Crippen LogP contribution in [-0.4, -0.2) is 23.7 Å². The van der Waals surface area contributed by atoms with E-state index < -0.39 is 11.4 Å². The van der Waals surface area contributed by atoms with E-state index in [0.29, 0.717) is 11.1 Å². The fourth-order valence-electron chi connectivity index (χ4n) is 4.41. The number of carboxylic acids is 1. The zero-order valence-corrected chi connectivity index (χ0v) is 11.2. The van der Waals surface area contributed by atoms with Gasteiger partial charge >= 0.3 is 11.9 Å². The Hall–Kier alpha value is -1.58. The van der Waals surface area contributed by atoms with E-state index in [0.717, 1.165) is 12.8 Å². The van der Waals surface area contributed by atoms with Crippen molar-refractivity contribution in [2.75, 3.05) is 6.61 Å². The van der Waals surface area contributed by atoms with Gasteiger partial charge in [-0.3, -0.25) is 0 Å². The second-order valence-electron chi connectivity index (χ2n) is 6.75. The number of rotatable bonds is 1. The Morgan fingerprint density at radius 1 is 1.53 bits per heavy atom. The molecule has 4 nitrogen and oxygen atoms in total. The van der Waals surface area contributed by atoms with Gasteiger partial charge in [-0.15, -0.1) is 0 Å². The van der Waals surface area contributed by atoms with E-state index in [-0.39, 0.29) is 29.8 Å². The van der Waals surface area contributed by atoms with Crippen molar-refractivity contribution in [1.82, 2.24) is 0 Å². The number of hydrogen-bond donors (Lipinski definition) is 1. The molecule has 2 fully saturated rings. The summed E-state index contributed by atoms with van der Waals surface area (Å²) in [5.41, 5.74) is 0.539. The van der Waals surface area contributed by atoms with Gasteiger partial charge in [-0.1, -0.05) is 26.5 Å². The highest BCUT2D eigenvalue weighted by molar-refractivity contribution is 5.94. The smallest absolute Gasteiger partial charge is 0.334 e. The lowest BCUT2D eigenvalue weighted by Crippen LogP contribution is -2.44. The molecule has 1 saturated heterocycles. The van der Waals surface area contributed by atoms with Gasteiger partial charge in [-0.05, 0) is 24.2 Å². The average Bonchev–Trinajstić information content (AvgIpc) is 2.72. The summed E-state index contributed by atoms with van der Waals surface area (Å²) in [4.78, 5) is 23.3. The molecule has 1 spiro atoms. The van der Waals surface area contributed by atoms with E-state index in [9.17, 15) is 14.7 Å². The number of aliphatic carboxylic acids is 1. The first kappa shape index (κ1) is 12.5. The van der Waals surface area contributed by atoms with Crippen LogP contribution in [0.15, 0.2) is 23.8 Å². The molecule has 1 unspecified atom stereocenters. The lowest BCUT2D eigenvalue weighted by molar-refractivity contribution is -0.150. The van der Waals surface area contributed by atoms with Gasteiger partial charge in [0.1, 0.15) is 0 Å². The largest absolute Gasteiger partial charge is 0.478 e. The second kappa shape index (κ2) is 3.50. The van der Waals surface area contributed by atoms with Gasteiger partial charge in [0.25, 0.3) is 0 Å². The number of carbonyl (C=O) groups is 2. The summed E-state index contributed by atoms with van der Waals surface area (Å²) >= 11 is 0. The Labute approximate surface area is 112 Å². The van der Waals surface area contributed by atoms with Gasteiger partial charge in [0.15, 0.2) is 0 Å². The molecule has 0 aromatic carbocycles. The molecule has 0 bridgehead atoms. The predicted octanol–water partition coefficient (Wildman–Crippen LogP) is 2.16. The Kier molecular flexibility index (Phi) is 2.29. The van der Waals surface area contributed by atoms with Crippen LogP contribution in [0.1, 0.15) is 26.7 Å². The third-order valence-corrected chi connectivity index (χ3v) is 5.02. The number of carbonyl (C=O) groups excluding carboxylic acids is 1. The molecule has 102 valence electrons. The molecule has 1 aliphatic heterocycles. The maximum atomic E-state index is 11.9. The lowest BCUT2D eigenvalue weighted by atomic mass is 9.64. The van der Waals surface area contributed by atoms with Crippen LogP contribution >= 0.6 is 0 Å². The van der Waals surface area contributed by atoms with Gasteiger partial charge in [0, 0.05) is 22.5 Å². The third-order valence-electron chi connectivity index (χ3n) is 5.02. The van der Waals surface area contributed by atoms with Crippen molar-refractivity contribution in [3.8, 4) is 0 Å². The number of allylic oxidation sites excluding steroid dienone is 1.